The Bertz CT molecular complexity index is 806. The molecule has 1 saturated heterocycles. The molecule has 24 heavy (non-hydrogen) atoms. The fourth-order valence-corrected chi connectivity index (χ4v) is 3.35. The molecule has 1 amide bonds. The van der Waals surface area contributed by atoms with Crippen LogP contribution in [0.5, 0.6) is 0 Å². The molecule has 0 aliphatic carbocycles. The summed E-state index contributed by atoms with van der Waals surface area (Å²) in [4.78, 5) is 28.8. The summed E-state index contributed by atoms with van der Waals surface area (Å²) < 4.78 is 0. The Labute approximate surface area is 139 Å². The summed E-state index contributed by atoms with van der Waals surface area (Å²) in [6, 6.07) is 7.10. The van der Waals surface area contributed by atoms with Gasteiger partial charge in [0.25, 0.3) is 5.69 Å². The number of aromatic nitrogens is 1. The van der Waals surface area contributed by atoms with E-state index in [1.165, 1.54) is 13.0 Å². The van der Waals surface area contributed by atoms with Crippen molar-refractivity contribution in [2.45, 2.75) is 32.7 Å². The Morgan fingerprint density at radius 1 is 1.46 bits per heavy atom. The fourth-order valence-electron chi connectivity index (χ4n) is 3.35. The van der Waals surface area contributed by atoms with E-state index < -0.39 is 4.92 Å². The zero-order valence-corrected chi connectivity index (χ0v) is 13.8. The largest absolute Gasteiger partial charge is 0.369 e. The maximum absolute atomic E-state index is 11.3. The molecule has 0 spiro atoms. The summed E-state index contributed by atoms with van der Waals surface area (Å²) in [5.74, 6) is -0.0340. The minimum absolute atomic E-state index is 0.0212. The number of benzene rings is 1. The first kappa shape index (κ1) is 16.2. The third kappa shape index (κ3) is 3.15. The summed E-state index contributed by atoms with van der Waals surface area (Å²) in [6.45, 7) is 4.92. The molecule has 0 radical (unpaired) electrons. The highest BCUT2D eigenvalue weighted by Gasteiger charge is 2.24. The van der Waals surface area contributed by atoms with Gasteiger partial charge in [0.2, 0.25) is 5.91 Å². The molecule has 1 aliphatic heterocycles. The summed E-state index contributed by atoms with van der Waals surface area (Å²) in [7, 11) is 0. The Morgan fingerprint density at radius 2 is 2.25 bits per heavy atom. The van der Waals surface area contributed by atoms with Crippen LogP contribution in [0.1, 0.15) is 25.5 Å². The van der Waals surface area contributed by atoms with E-state index in [4.69, 9.17) is 0 Å². The molecular formula is C17H20N4O3. The van der Waals surface area contributed by atoms with Crippen molar-refractivity contribution < 1.29 is 9.72 Å². The highest BCUT2D eigenvalue weighted by atomic mass is 16.6. The normalized spacial score (nSPS) is 17.8. The summed E-state index contributed by atoms with van der Waals surface area (Å²) in [5, 5.41) is 15.0. The Balaban J connectivity index is 2.04. The number of carbonyl (C=O) groups is 1. The minimum Gasteiger partial charge on any atom is -0.369 e. The lowest BCUT2D eigenvalue weighted by atomic mass is 10.0. The number of aryl methyl sites for hydroxylation is 1. The number of rotatable bonds is 3. The van der Waals surface area contributed by atoms with Crippen LogP contribution >= 0.6 is 0 Å². The number of piperidine rings is 1. The molecule has 2 heterocycles. The lowest BCUT2D eigenvalue weighted by molar-refractivity contribution is -0.383. The number of anilines is 1. The first-order valence-corrected chi connectivity index (χ1v) is 8.02. The molecule has 0 unspecified atom stereocenters. The molecule has 1 aromatic carbocycles. The number of fused-ring (bicyclic) bond motifs is 1. The second kappa shape index (κ2) is 6.43. The fraction of sp³-hybridized carbons (Fsp3) is 0.412. The highest BCUT2D eigenvalue weighted by Crippen LogP contribution is 2.33. The lowest BCUT2D eigenvalue weighted by Crippen LogP contribution is -2.47. The van der Waals surface area contributed by atoms with Gasteiger partial charge < -0.3 is 10.2 Å². The van der Waals surface area contributed by atoms with Gasteiger partial charge in [0.1, 0.15) is 0 Å². The van der Waals surface area contributed by atoms with E-state index in [-0.39, 0.29) is 17.6 Å². The van der Waals surface area contributed by atoms with Gasteiger partial charge in [-0.25, -0.2) is 4.98 Å². The van der Waals surface area contributed by atoms with Crippen molar-refractivity contribution in [3.8, 4) is 0 Å². The molecule has 3 rings (SSSR count). The van der Waals surface area contributed by atoms with E-state index in [1.54, 1.807) is 6.07 Å². The van der Waals surface area contributed by atoms with Gasteiger partial charge in [0.05, 0.1) is 4.92 Å². The summed E-state index contributed by atoms with van der Waals surface area (Å²) in [6.07, 6.45) is 1.90. The van der Waals surface area contributed by atoms with Gasteiger partial charge in [-0.15, -0.1) is 0 Å². The number of non-ortho nitro benzene ring substituents is 1. The van der Waals surface area contributed by atoms with Gasteiger partial charge in [-0.05, 0) is 25.8 Å². The Morgan fingerprint density at radius 3 is 2.96 bits per heavy atom. The van der Waals surface area contributed by atoms with Gasteiger partial charge in [-0.1, -0.05) is 12.1 Å². The van der Waals surface area contributed by atoms with Crippen molar-refractivity contribution in [2.24, 2.45) is 0 Å². The molecule has 126 valence electrons. The predicted molar refractivity (Wildman–Crippen MR) is 92.2 cm³/mol. The molecule has 1 fully saturated rings. The van der Waals surface area contributed by atoms with Gasteiger partial charge >= 0.3 is 0 Å². The molecule has 0 saturated carbocycles. The van der Waals surface area contributed by atoms with Crippen LogP contribution in [0.3, 0.4) is 0 Å². The molecule has 1 aliphatic rings. The van der Waals surface area contributed by atoms with Gasteiger partial charge in [-0.2, -0.15) is 0 Å². The van der Waals surface area contributed by atoms with Crippen molar-refractivity contribution in [1.29, 1.82) is 0 Å². The van der Waals surface area contributed by atoms with Crippen molar-refractivity contribution in [3.05, 3.63) is 40.1 Å². The van der Waals surface area contributed by atoms with Crippen molar-refractivity contribution in [1.82, 2.24) is 10.3 Å². The van der Waals surface area contributed by atoms with Crippen LogP contribution < -0.4 is 10.2 Å². The topological polar surface area (TPSA) is 88.4 Å². The Hall–Kier alpha value is -2.70. The number of nitrogens with one attached hydrogen (secondary N) is 1. The highest BCUT2D eigenvalue weighted by molar-refractivity contribution is 5.97. The van der Waals surface area contributed by atoms with Crippen LogP contribution in [0.15, 0.2) is 24.3 Å². The second-order valence-corrected chi connectivity index (χ2v) is 6.20. The van der Waals surface area contributed by atoms with Crippen LogP contribution in [-0.2, 0) is 4.79 Å². The number of hydrogen-bond donors (Lipinski definition) is 1. The van der Waals surface area contributed by atoms with E-state index in [0.29, 0.717) is 12.1 Å². The van der Waals surface area contributed by atoms with E-state index in [0.717, 1.165) is 36.2 Å². The standard InChI is InChI=1S/C17H20N4O3/c1-11-9-16(20-8-4-5-13(10-20)19-12(2)22)14-6-3-7-15(21(23)24)17(14)18-11/h3,6-7,9,13H,4-5,8,10H2,1-2H3,(H,19,22)/t13-/m1/s1. The number of para-hydroxylation sites is 1. The summed E-state index contributed by atoms with van der Waals surface area (Å²) >= 11 is 0. The quantitative estimate of drug-likeness (QED) is 0.691. The number of amides is 1. The maximum Gasteiger partial charge on any atom is 0.295 e. The SMILES string of the molecule is CC(=O)N[C@@H]1CCCN(c2cc(C)nc3c([N+](=O)[O-])cccc23)C1. The molecule has 7 nitrogen and oxygen atoms in total. The smallest absolute Gasteiger partial charge is 0.295 e. The van der Waals surface area contributed by atoms with Crippen LogP contribution in [0.4, 0.5) is 11.4 Å². The number of nitrogens with zero attached hydrogens (tertiary/aromatic N) is 3. The van der Waals surface area contributed by atoms with Crippen molar-refractivity contribution in [2.75, 3.05) is 18.0 Å². The maximum atomic E-state index is 11.3. The zero-order valence-electron chi connectivity index (χ0n) is 13.8. The molecular weight excluding hydrogens is 308 g/mol. The number of carbonyl (C=O) groups excluding carboxylic acids is 1. The molecule has 1 atom stereocenters. The van der Waals surface area contributed by atoms with E-state index in [2.05, 4.69) is 15.2 Å². The van der Waals surface area contributed by atoms with E-state index in [1.807, 2.05) is 19.1 Å². The van der Waals surface area contributed by atoms with Crippen molar-refractivity contribution >= 4 is 28.2 Å². The lowest BCUT2D eigenvalue weighted by Gasteiger charge is -2.35. The number of hydrogen-bond acceptors (Lipinski definition) is 5. The first-order valence-electron chi connectivity index (χ1n) is 8.02. The predicted octanol–water partition coefficient (Wildman–Crippen LogP) is 2.56. The molecule has 7 heteroatoms. The summed E-state index contributed by atoms with van der Waals surface area (Å²) in [5.41, 5.74) is 2.12. The van der Waals surface area contributed by atoms with Gasteiger partial charge in [0.15, 0.2) is 5.52 Å². The third-order valence-corrected chi connectivity index (χ3v) is 4.29. The second-order valence-electron chi connectivity index (χ2n) is 6.20. The van der Waals surface area contributed by atoms with Gasteiger partial charge in [-0.3, -0.25) is 14.9 Å². The van der Waals surface area contributed by atoms with Crippen LogP contribution in [-0.4, -0.2) is 34.9 Å². The van der Waals surface area contributed by atoms with Crippen LogP contribution in [0.25, 0.3) is 10.9 Å². The first-order chi connectivity index (χ1) is 11.5. The minimum atomic E-state index is -0.394. The third-order valence-electron chi connectivity index (χ3n) is 4.29. The van der Waals surface area contributed by atoms with Gasteiger partial charge in [0, 0.05) is 48.9 Å². The number of nitro benzene ring substituents is 1. The molecule has 1 aromatic heterocycles. The zero-order chi connectivity index (χ0) is 17.3. The molecule has 0 bridgehead atoms. The number of nitro groups is 1. The monoisotopic (exact) mass is 328 g/mol. The van der Waals surface area contributed by atoms with Crippen LogP contribution in [0.2, 0.25) is 0 Å². The Kier molecular flexibility index (Phi) is 4.33. The average Bonchev–Trinajstić information content (AvgIpc) is 2.53. The van der Waals surface area contributed by atoms with Crippen molar-refractivity contribution in [3.63, 3.8) is 0 Å². The van der Waals surface area contributed by atoms with Crippen LogP contribution in [0, 0.1) is 17.0 Å². The number of pyridine rings is 1. The molecule has 2 aromatic rings. The average molecular weight is 328 g/mol. The van der Waals surface area contributed by atoms with E-state index >= 15 is 0 Å². The van der Waals surface area contributed by atoms with E-state index in [9.17, 15) is 14.9 Å². The molecule has 1 N–H and O–H groups in total.